The lowest BCUT2D eigenvalue weighted by Crippen LogP contribution is -2.23. The van der Waals surface area contributed by atoms with Crippen LogP contribution in [0.15, 0.2) is 47.5 Å². The van der Waals surface area contributed by atoms with Gasteiger partial charge < -0.3 is 18.8 Å². The second-order valence-electron chi connectivity index (χ2n) is 5.75. The Labute approximate surface area is 165 Å². The third-order valence-corrected chi connectivity index (χ3v) is 5.06. The van der Waals surface area contributed by atoms with Crippen molar-refractivity contribution in [2.45, 2.75) is 13.5 Å². The molecule has 0 aliphatic carbocycles. The minimum absolute atomic E-state index is 0.0328. The van der Waals surface area contributed by atoms with Gasteiger partial charge in [-0.1, -0.05) is 11.3 Å². The van der Waals surface area contributed by atoms with Crippen LogP contribution in [0.2, 0.25) is 0 Å². The summed E-state index contributed by atoms with van der Waals surface area (Å²) >= 11 is 1.31. The lowest BCUT2D eigenvalue weighted by atomic mass is 10.2. The topological polar surface area (TPSA) is 79.1 Å². The number of benzene rings is 2. The zero-order chi connectivity index (χ0) is 20.1. The van der Waals surface area contributed by atoms with Gasteiger partial charge in [0, 0.05) is 5.56 Å². The van der Waals surface area contributed by atoms with Crippen molar-refractivity contribution in [3.63, 3.8) is 0 Å². The number of methoxy groups -OCH3 is 2. The standard InChI is InChI=1S/C20H20N2O5S/c1-4-27-18(23)12-22-16-10-9-15(26-3)11-17(16)28-20(22)21-19(24)13-5-7-14(25-2)8-6-13/h5-11H,4,12H2,1-3H3. The van der Waals surface area contributed by atoms with E-state index in [1.165, 1.54) is 11.3 Å². The van der Waals surface area contributed by atoms with Crippen LogP contribution < -0.4 is 14.3 Å². The van der Waals surface area contributed by atoms with Crippen molar-refractivity contribution in [2.24, 2.45) is 4.99 Å². The van der Waals surface area contributed by atoms with Gasteiger partial charge in [-0.3, -0.25) is 9.59 Å². The van der Waals surface area contributed by atoms with E-state index in [-0.39, 0.29) is 13.2 Å². The number of hydrogen-bond acceptors (Lipinski definition) is 6. The molecule has 0 aliphatic rings. The predicted molar refractivity (Wildman–Crippen MR) is 106 cm³/mol. The number of fused-ring (bicyclic) bond motifs is 1. The Morgan fingerprint density at radius 2 is 1.71 bits per heavy atom. The molecule has 3 rings (SSSR count). The highest BCUT2D eigenvalue weighted by Gasteiger charge is 2.13. The lowest BCUT2D eigenvalue weighted by molar-refractivity contribution is -0.143. The Morgan fingerprint density at radius 1 is 1.04 bits per heavy atom. The number of rotatable bonds is 6. The number of nitrogens with zero attached hydrogens (tertiary/aromatic N) is 2. The van der Waals surface area contributed by atoms with Crippen LogP contribution in [0.5, 0.6) is 11.5 Å². The van der Waals surface area contributed by atoms with Crippen molar-refractivity contribution >= 4 is 33.4 Å². The van der Waals surface area contributed by atoms with Crippen LogP contribution in [0.1, 0.15) is 17.3 Å². The fourth-order valence-electron chi connectivity index (χ4n) is 2.64. The molecule has 0 saturated heterocycles. The van der Waals surface area contributed by atoms with Crippen LogP contribution in [-0.4, -0.2) is 37.3 Å². The number of ether oxygens (including phenoxy) is 3. The van der Waals surface area contributed by atoms with E-state index < -0.39 is 11.9 Å². The Hall–Kier alpha value is -3.13. The summed E-state index contributed by atoms with van der Waals surface area (Å²) in [6.07, 6.45) is 0. The molecule has 0 N–H and O–H groups in total. The summed E-state index contributed by atoms with van der Waals surface area (Å²) in [7, 11) is 3.14. The maximum atomic E-state index is 12.6. The molecule has 0 spiro atoms. The van der Waals surface area contributed by atoms with Crippen molar-refractivity contribution in [3.05, 3.63) is 52.8 Å². The minimum Gasteiger partial charge on any atom is -0.497 e. The molecule has 1 amide bonds. The monoisotopic (exact) mass is 400 g/mol. The molecule has 7 nitrogen and oxygen atoms in total. The van der Waals surface area contributed by atoms with Gasteiger partial charge >= 0.3 is 5.97 Å². The Balaban J connectivity index is 2.07. The fraction of sp³-hybridized carbons (Fsp3) is 0.250. The highest BCUT2D eigenvalue weighted by atomic mass is 32.1. The summed E-state index contributed by atoms with van der Waals surface area (Å²) in [6, 6.07) is 12.2. The van der Waals surface area contributed by atoms with Crippen LogP contribution in [0.4, 0.5) is 0 Å². The van der Waals surface area contributed by atoms with E-state index in [9.17, 15) is 9.59 Å². The Morgan fingerprint density at radius 3 is 2.36 bits per heavy atom. The van der Waals surface area contributed by atoms with Gasteiger partial charge in [-0.15, -0.1) is 0 Å². The first kappa shape index (κ1) is 19.6. The number of hydrogen-bond donors (Lipinski definition) is 0. The van der Waals surface area contributed by atoms with Gasteiger partial charge in [-0.05, 0) is 49.4 Å². The molecule has 3 aromatic rings. The molecule has 0 fully saturated rings. The number of carbonyl (C=O) groups excluding carboxylic acids is 2. The molecule has 1 aromatic heterocycles. The van der Waals surface area contributed by atoms with E-state index in [0.29, 0.717) is 21.9 Å². The number of esters is 1. The van der Waals surface area contributed by atoms with E-state index >= 15 is 0 Å². The van der Waals surface area contributed by atoms with Crippen molar-refractivity contribution in [1.29, 1.82) is 0 Å². The normalized spacial score (nSPS) is 11.5. The van der Waals surface area contributed by atoms with E-state index in [1.807, 2.05) is 12.1 Å². The molecule has 0 radical (unpaired) electrons. The van der Waals surface area contributed by atoms with Crippen LogP contribution >= 0.6 is 11.3 Å². The van der Waals surface area contributed by atoms with Gasteiger partial charge in [0.15, 0.2) is 4.80 Å². The largest absolute Gasteiger partial charge is 0.497 e. The Bertz CT molecular complexity index is 1070. The minimum atomic E-state index is -0.404. The summed E-state index contributed by atoms with van der Waals surface area (Å²) in [5, 5.41) is 0. The van der Waals surface area contributed by atoms with Crippen molar-refractivity contribution in [1.82, 2.24) is 4.57 Å². The van der Waals surface area contributed by atoms with Crippen LogP contribution in [0, 0.1) is 0 Å². The van der Waals surface area contributed by atoms with E-state index in [4.69, 9.17) is 14.2 Å². The molecule has 0 saturated carbocycles. The van der Waals surface area contributed by atoms with Crippen LogP contribution in [0.3, 0.4) is 0 Å². The van der Waals surface area contributed by atoms with E-state index in [2.05, 4.69) is 4.99 Å². The molecule has 0 unspecified atom stereocenters. The van der Waals surface area contributed by atoms with Crippen LogP contribution in [-0.2, 0) is 16.1 Å². The first-order chi connectivity index (χ1) is 13.5. The smallest absolute Gasteiger partial charge is 0.326 e. The molecule has 2 aromatic carbocycles. The molecule has 146 valence electrons. The third-order valence-electron chi connectivity index (χ3n) is 4.02. The fourth-order valence-corrected chi connectivity index (χ4v) is 3.70. The van der Waals surface area contributed by atoms with Gasteiger partial charge in [-0.2, -0.15) is 4.99 Å². The average Bonchev–Trinajstić information content (AvgIpc) is 3.04. The average molecular weight is 400 g/mol. The van der Waals surface area contributed by atoms with Crippen LogP contribution in [0.25, 0.3) is 10.2 Å². The maximum Gasteiger partial charge on any atom is 0.326 e. The summed E-state index contributed by atoms with van der Waals surface area (Å²) in [6.45, 7) is 2.00. The highest BCUT2D eigenvalue weighted by Crippen LogP contribution is 2.23. The second-order valence-corrected chi connectivity index (χ2v) is 6.76. The molecule has 1 heterocycles. The first-order valence-corrected chi connectivity index (χ1v) is 9.43. The number of thiazole rings is 1. The summed E-state index contributed by atoms with van der Waals surface area (Å²) in [5.74, 6) is 0.545. The van der Waals surface area contributed by atoms with Gasteiger partial charge in [0.05, 0.1) is 31.0 Å². The molecule has 8 heteroatoms. The molecular formula is C20H20N2O5S. The maximum absolute atomic E-state index is 12.6. The SMILES string of the molecule is CCOC(=O)Cn1c(=NC(=O)c2ccc(OC)cc2)sc2cc(OC)ccc21. The van der Waals surface area contributed by atoms with E-state index in [0.717, 1.165) is 10.2 Å². The number of amides is 1. The third kappa shape index (κ3) is 4.23. The van der Waals surface area contributed by atoms with Gasteiger partial charge in [0.2, 0.25) is 0 Å². The summed E-state index contributed by atoms with van der Waals surface area (Å²) < 4.78 is 18.0. The van der Waals surface area contributed by atoms with Crippen molar-refractivity contribution in [2.75, 3.05) is 20.8 Å². The van der Waals surface area contributed by atoms with E-state index in [1.54, 1.807) is 56.0 Å². The first-order valence-electron chi connectivity index (χ1n) is 8.61. The molecule has 28 heavy (non-hydrogen) atoms. The molecule has 0 aliphatic heterocycles. The molecule has 0 bridgehead atoms. The second kappa shape index (κ2) is 8.71. The lowest BCUT2D eigenvalue weighted by Gasteiger charge is -2.05. The highest BCUT2D eigenvalue weighted by molar-refractivity contribution is 7.16. The summed E-state index contributed by atoms with van der Waals surface area (Å²) in [5.41, 5.74) is 1.21. The van der Waals surface area contributed by atoms with Gasteiger partial charge in [0.25, 0.3) is 5.91 Å². The van der Waals surface area contributed by atoms with Gasteiger partial charge in [0.1, 0.15) is 18.0 Å². The molecular weight excluding hydrogens is 380 g/mol. The number of aromatic nitrogens is 1. The molecule has 0 atom stereocenters. The van der Waals surface area contributed by atoms with Crippen molar-refractivity contribution in [3.8, 4) is 11.5 Å². The zero-order valence-corrected chi connectivity index (χ0v) is 16.6. The quantitative estimate of drug-likeness (QED) is 0.594. The predicted octanol–water partition coefficient (Wildman–Crippen LogP) is 3.02. The van der Waals surface area contributed by atoms with Crippen molar-refractivity contribution < 1.29 is 23.8 Å². The van der Waals surface area contributed by atoms with Gasteiger partial charge in [-0.25, -0.2) is 0 Å². The number of carbonyl (C=O) groups is 2. The zero-order valence-electron chi connectivity index (χ0n) is 15.8. The Kier molecular flexibility index (Phi) is 6.10. The summed E-state index contributed by atoms with van der Waals surface area (Å²) in [4.78, 5) is 29.3.